The third-order valence-corrected chi connectivity index (χ3v) is 9.42. The summed E-state index contributed by atoms with van der Waals surface area (Å²) in [4.78, 5) is 40.9. The maximum absolute atomic E-state index is 16.4. The summed E-state index contributed by atoms with van der Waals surface area (Å²) in [5.41, 5.74) is -2.07. The zero-order valence-electron chi connectivity index (χ0n) is 25.2. The third-order valence-electron chi connectivity index (χ3n) is 9.42. The Morgan fingerprint density at radius 2 is 1.75 bits per heavy atom. The Balaban J connectivity index is 1.49. The highest BCUT2D eigenvalue weighted by molar-refractivity contribution is 6.03. The molecule has 4 aliphatic rings. The Labute approximate surface area is 254 Å². The van der Waals surface area contributed by atoms with Gasteiger partial charge in [0, 0.05) is 63.9 Å². The molecule has 13 heteroatoms. The molecule has 2 amide bonds. The highest BCUT2D eigenvalue weighted by atomic mass is 19.1. The summed E-state index contributed by atoms with van der Waals surface area (Å²) in [5.74, 6) is -5.66. The number of hydrogen-bond donors (Lipinski definition) is 1. The van der Waals surface area contributed by atoms with E-state index in [1.54, 1.807) is 9.80 Å². The van der Waals surface area contributed by atoms with Gasteiger partial charge in [-0.1, -0.05) is 6.58 Å². The molecule has 3 fully saturated rings. The number of phenols is 1. The van der Waals surface area contributed by atoms with Gasteiger partial charge >= 0.3 is 0 Å². The molecule has 5 heterocycles. The molecule has 10 nitrogen and oxygen atoms in total. The predicted molar refractivity (Wildman–Crippen MR) is 157 cm³/mol. The molecule has 2 atom stereocenters. The number of phenolic OH excluding ortho intramolecular Hbond substituents is 1. The van der Waals surface area contributed by atoms with Crippen LogP contribution in [0, 0.1) is 17.5 Å². The maximum atomic E-state index is 16.4. The molecule has 2 aromatic rings. The number of likely N-dealkylation sites (N-methyl/N-ethyl adjacent to an activating group) is 1. The van der Waals surface area contributed by atoms with E-state index < -0.39 is 57.7 Å². The number of carbonyl (C=O) groups excluding carboxylic acids is 2. The number of fused-ring (bicyclic) bond motifs is 2. The lowest BCUT2D eigenvalue weighted by Gasteiger charge is -2.40. The fourth-order valence-electron chi connectivity index (χ4n) is 6.92. The first-order valence-corrected chi connectivity index (χ1v) is 14.9. The number of ether oxygens (including phenoxy) is 1. The van der Waals surface area contributed by atoms with E-state index in [1.165, 1.54) is 6.08 Å². The second kappa shape index (κ2) is 11.3. The molecule has 1 unspecified atom stereocenters. The van der Waals surface area contributed by atoms with Crippen molar-refractivity contribution >= 4 is 17.6 Å². The minimum Gasteiger partial charge on any atom is -0.504 e. The van der Waals surface area contributed by atoms with E-state index in [2.05, 4.69) is 28.4 Å². The zero-order chi connectivity index (χ0) is 31.5. The van der Waals surface area contributed by atoms with Crippen molar-refractivity contribution in [3.05, 3.63) is 47.8 Å². The van der Waals surface area contributed by atoms with Crippen LogP contribution in [0.5, 0.6) is 11.5 Å². The molecule has 3 saturated heterocycles. The number of anilines is 1. The average Bonchev–Trinajstić information content (AvgIpc) is 3.24. The quantitative estimate of drug-likeness (QED) is 0.526. The number of benzene rings is 1. The molecule has 0 radical (unpaired) electrons. The Morgan fingerprint density at radius 1 is 1.05 bits per heavy atom. The van der Waals surface area contributed by atoms with Crippen LogP contribution in [-0.4, -0.2) is 125 Å². The van der Waals surface area contributed by atoms with E-state index in [1.807, 2.05) is 18.7 Å². The molecule has 1 aromatic carbocycles. The van der Waals surface area contributed by atoms with Crippen molar-refractivity contribution in [3.63, 3.8) is 0 Å². The van der Waals surface area contributed by atoms with E-state index in [9.17, 15) is 19.1 Å². The number of halogens is 3. The van der Waals surface area contributed by atoms with Crippen molar-refractivity contribution in [2.75, 3.05) is 70.9 Å². The Hall–Kier alpha value is -3.84. The van der Waals surface area contributed by atoms with E-state index >= 15 is 8.78 Å². The maximum Gasteiger partial charge on any atom is 0.262 e. The highest BCUT2D eigenvalue weighted by Gasteiger charge is 2.47. The normalized spacial score (nSPS) is 24.0. The smallest absolute Gasteiger partial charge is 0.262 e. The molecule has 6 rings (SSSR count). The second-order valence-corrected chi connectivity index (χ2v) is 12.6. The minimum atomic E-state index is -1.18. The molecule has 0 saturated carbocycles. The minimum absolute atomic E-state index is 0.0799. The van der Waals surface area contributed by atoms with Crippen molar-refractivity contribution in [1.82, 2.24) is 24.6 Å². The van der Waals surface area contributed by atoms with Crippen molar-refractivity contribution < 1.29 is 32.6 Å². The number of hydrogen-bond acceptors (Lipinski definition) is 8. The van der Waals surface area contributed by atoms with Crippen LogP contribution in [0.4, 0.5) is 19.0 Å². The van der Waals surface area contributed by atoms with Gasteiger partial charge < -0.3 is 29.4 Å². The number of nitrogens with zero attached hydrogens (tertiary/aromatic N) is 6. The molecular weight excluding hydrogens is 577 g/mol. The molecule has 0 aliphatic carbocycles. The van der Waals surface area contributed by atoms with Crippen molar-refractivity contribution in [2.24, 2.45) is 0 Å². The van der Waals surface area contributed by atoms with Gasteiger partial charge in [-0.05, 0) is 45.5 Å². The monoisotopic (exact) mass is 614 g/mol. The third kappa shape index (κ3) is 5.05. The molecule has 1 aromatic heterocycles. The van der Waals surface area contributed by atoms with Crippen LogP contribution >= 0.6 is 0 Å². The second-order valence-electron chi connectivity index (χ2n) is 12.6. The van der Waals surface area contributed by atoms with E-state index in [0.29, 0.717) is 6.54 Å². The lowest BCUT2D eigenvalue weighted by atomic mass is 9.98. The number of aromatic nitrogens is 1. The molecule has 0 spiro atoms. The van der Waals surface area contributed by atoms with Crippen LogP contribution < -0.4 is 9.64 Å². The lowest BCUT2D eigenvalue weighted by molar-refractivity contribution is -0.128. The van der Waals surface area contributed by atoms with Crippen LogP contribution in [0.2, 0.25) is 0 Å². The van der Waals surface area contributed by atoms with Gasteiger partial charge in [-0.3, -0.25) is 14.5 Å². The van der Waals surface area contributed by atoms with Crippen LogP contribution in [0.25, 0.3) is 11.3 Å². The van der Waals surface area contributed by atoms with E-state index in [-0.39, 0.29) is 49.6 Å². The number of amides is 2. The SMILES string of the molecule is C=CC(=O)N1CCN2C(=O)c3c(N4CC(N5CCN(C)CC5)CC4(C)C)nc(-c4c(F)ccc(F)c4O)c(F)c3OC[C@H]2C1. The van der Waals surface area contributed by atoms with Gasteiger partial charge in [-0.15, -0.1) is 0 Å². The summed E-state index contributed by atoms with van der Waals surface area (Å²) in [5, 5.41) is 10.5. The summed E-state index contributed by atoms with van der Waals surface area (Å²) >= 11 is 0. The van der Waals surface area contributed by atoms with Gasteiger partial charge in [0.1, 0.15) is 29.5 Å². The summed E-state index contributed by atoms with van der Waals surface area (Å²) in [7, 11) is 2.08. The van der Waals surface area contributed by atoms with Gasteiger partial charge in [0.25, 0.3) is 5.91 Å². The number of rotatable bonds is 4. The molecule has 4 aliphatic heterocycles. The standard InChI is InChI=1S/C31H37F3N6O4/c1-5-22(41)38-12-13-39-19(15-38)17-44-28-24(30(39)43)29(35-26(25(28)34)23-20(32)6-7-21(33)27(23)42)40-16-18(14-31(40,2)3)37-10-8-36(4)9-11-37/h5-7,18-19,42H,1,8-17H2,2-4H3/t18?,19-/m1/s1. The fourth-order valence-corrected chi connectivity index (χ4v) is 6.92. The molecular formula is C31H37F3N6O4. The van der Waals surface area contributed by atoms with Gasteiger partial charge in [0.15, 0.2) is 23.1 Å². The topological polar surface area (TPSA) is 92.7 Å². The summed E-state index contributed by atoms with van der Waals surface area (Å²) < 4.78 is 52.0. The van der Waals surface area contributed by atoms with Gasteiger partial charge in [0.05, 0.1) is 11.6 Å². The average molecular weight is 615 g/mol. The van der Waals surface area contributed by atoms with Crippen LogP contribution in [0.1, 0.15) is 30.6 Å². The molecule has 0 bridgehead atoms. The predicted octanol–water partition coefficient (Wildman–Crippen LogP) is 2.71. The fraction of sp³-hybridized carbons (Fsp3) is 0.516. The van der Waals surface area contributed by atoms with Crippen molar-refractivity contribution in [3.8, 4) is 22.8 Å². The largest absolute Gasteiger partial charge is 0.504 e. The Morgan fingerprint density at radius 3 is 2.45 bits per heavy atom. The number of carbonyl (C=O) groups is 2. The summed E-state index contributed by atoms with van der Waals surface area (Å²) in [6.07, 6.45) is 1.92. The van der Waals surface area contributed by atoms with Gasteiger partial charge in [-0.2, -0.15) is 0 Å². The van der Waals surface area contributed by atoms with E-state index in [4.69, 9.17) is 4.74 Å². The molecule has 1 N–H and O–H groups in total. The van der Waals surface area contributed by atoms with E-state index in [0.717, 1.165) is 44.7 Å². The summed E-state index contributed by atoms with van der Waals surface area (Å²) in [6, 6.07) is 1.05. The zero-order valence-corrected chi connectivity index (χ0v) is 25.2. The number of pyridine rings is 1. The Kier molecular flexibility index (Phi) is 7.73. The number of aromatic hydroxyl groups is 1. The first-order chi connectivity index (χ1) is 20.9. The summed E-state index contributed by atoms with van der Waals surface area (Å²) in [6.45, 7) is 12.0. The first-order valence-electron chi connectivity index (χ1n) is 14.9. The van der Waals surface area contributed by atoms with Gasteiger partial charge in [-0.25, -0.2) is 18.2 Å². The lowest BCUT2D eigenvalue weighted by Crippen LogP contribution is -2.57. The molecule has 236 valence electrons. The van der Waals surface area contributed by atoms with Gasteiger partial charge in [0.2, 0.25) is 5.91 Å². The Bertz CT molecular complexity index is 1510. The van der Waals surface area contributed by atoms with Crippen LogP contribution in [0.15, 0.2) is 24.8 Å². The van der Waals surface area contributed by atoms with Crippen LogP contribution in [-0.2, 0) is 4.79 Å². The molecule has 44 heavy (non-hydrogen) atoms. The first kappa shape index (κ1) is 30.2. The number of piperazine rings is 2. The highest BCUT2D eigenvalue weighted by Crippen LogP contribution is 2.46. The van der Waals surface area contributed by atoms with Crippen molar-refractivity contribution in [2.45, 2.75) is 37.9 Å². The van der Waals surface area contributed by atoms with Crippen LogP contribution in [0.3, 0.4) is 0 Å². The van der Waals surface area contributed by atoms with Crippen molar-refractivity contribution in [1.29, 1.82) is 0 Å².